The van der Waals surface area contributed by atoms with Crippen LogP contribution in [-0.4, -0.2) is 14.6 Å². The van der Waals surface area contributed by atoms with E-state index in [1.54, 1.807) is 29.0 Å². The topological polar surface area (TPSA) is 30.2 Å². The molecule has 0 fully saturated rings. The van der Waals surface area contributed by atoms with Crippen molar-refractivity contribution in [1.29, 1.82) is 0 Å². The summed E-state index contributed by atoms with van der Waals surface area (Å²) in [7, 11) is 0. The Hall–Kier alpha value is -2.37. The van der Waals surface area contributed by atoms with Gasteiger partial charge in [0.2, 0.25) is 0 Å². The second kappa shape index (κ2) is 4.08. The summed E-state index contributed by atoms with van der Waals surface area (Å²) in [5.74, 6) is 0. The zero-order valence-electron chi connectivity index (χ0n) is 9.59. The molecule has 0 amide bonds. The zero-order valence-corrected chi connectivity index (χ0v) is 9.59. The van der Waals surface area contributed by atoms with Gasteiger partial charge < -0.3 is 0 Å². The van der Waals surface area contributed by atoms with E-state index in [1.807, 2.05) is 0 Å². The van der Waals surface area contributed by atoms with Crippen LogP contribution in [0.1, 0.15) is 5.56 Å². The Balaban J connectivity index is 2.10. The Morgan fingerprint density at radius 3 is 2.32 bits per heavy atom. The summed E-state index contributed by atoms with van der Waals surface area (Å²) in [4.78, 5) is 4.10. The molecule has 0 atom stereocenters. The fourth-order valence-electron chi connectivity index (χ4n) is 1.88. The van der Waals surface area contributed by atoms with Gasteiger partial charge in [-0.25, -0.2) is 9.50 Å². The molecule has 0 aliphatic heterocycles. The molecule has 2 heterocycles. The van der Waals surface area contributed by atoms with Crippen LogP contribution in [0.25, 0.3) is 16.9 Å². The average Bonchev–Trinajstić information content (AvgIpc) is 2.86. The highest BCUT2D eigenvalue weighted by atomic mass is 19.4. The van der Waals surface area contributed by atoms with Crippen LogP contribution in [-0.2, 0) is 6.18 Å². The van der Waals surface area contributed by atoms with Crippen LogP contribution in [0.5, 0.6) is 0 Å². The Labute approximate surface area is 106 Å². The number of hydrogen-bond acceptors (Lipinski definition) is 2. The maximum Gasteiger partial charge on any atom is 0.416 e. The third kappa shape index (κ3) is 2.05. The first kappa shape index (κ1) is 11.7. The summed E-state index contributed by atoms with van der Waals surface area (Å²) < 4.78 is 39.1. The highest BCUT2D eigenvalue weighted by Gasteiger charge is 2.30. The molecule has 6 heteroatoms. The van der Waals surface area contributed by atoms with E-state index < -0.39 is 11.7 Å². The van der Waals surface area contributed by atoms with E-state index in [4.69, 9.17) is 0 Å². The molecule has 2 aromatic heterocycles. The maximum atomic E-state index is 12.5. The van der Waals surface area contributed by atoms with E-state index in [-0.39, 0.29) is 0 Å². The van der Waals surface area contributed by atoms with Gasteiger partial charge >= 0.3 is 6.18 Å². The van der Waals surface area contributed by atoms with Gasteiger partial charge in [-0.05, 0) is 18.2 Å². The maximum absolute atomic E-state index is 12.5. The lowest BCUT2D eigenvalue weighted by atomic mass is 10.1. The SMILES string of the molecule is FC(F)(F)c1ccc(-c2ccnc3ccnn23)cc1. The number of hydrogen-bond donors (Lipinski definition) is 0. The predicted octanol–water partition coefficient (Wildman–Crippen LogP) is 3.42. The van der Waals surface area contributed by atoms with Crippen LogP contribution in [0.2, 0.25) is 0 Å². The molecular formula is C13H8F3N3. The van der Waals surface area contributed by atoms with Gasteiger partial charge in [-0.15, -0.1) is 0 Å². The molecule has 96 valence electrons. The number of benzene rings is 1. The molecule has 1 aromatic carbocycles. The smallest absolute Gasteiger partial charge is 0.237 e. The molecule has 0 aliphatic rings. The minimum atomic E-state index is -4.32. The van der Waals surface area contributed by atoms with Crippen molar-refractivity contribution in [3.05, 3.63) is 54.4 Å². The van der Waals surface area contributed by atoms with E-state index in [1.165, 1.54) is 12.1 Å². The van der Waals surface area contributed by atoms with Gasteiger partial charge in [-0.2, -0.15) is 18.3 Å². The fraction of sp³-hybridized carbons (Fsp3) is 0.0769. The minimum absolute atomic E-state index is 0.650. The molecule has 3 rings (SSSR count). The third-order valence-corrected chi connectivity index (χ3v) is 2.80. The summed E-state index contributed by atoms with van der Waals surface area (Å²) >= 11 is 0. The molecule has 3 aromatic rings. The van der Waals surface area contributed by atoms with Crippen LogP contribution in [0.15, 0.2) is 48.8 Å². The van der Waals surface area contributed by atoms with Gasteiger partial charge in [0.15, 0.2) is 5.65 Å². The standard InChI is InChI=1S/C13H8F3N3/c14-13(15,16)10-3-1-9(2-4-10)11-5-7-17-12-6-8-18-19(11)12/h1-8H. The second-order valence-corrected chi connectivity index (χ2v) is 4.01. The number of alkyl halides is 3. The van der Waals surface area contributed by atoms with Crippen LogP contribution in [0.3, 0.4) is 0 Å². The predicted molar refractivity (Wildman–Crippen MR) is 63.4 cm³/mol. The number of halogens is 3. The summed E-state index contributed by atoms with van der Waals surface area (Å²) in [6, 6.07) is 8.42. The first-order valence-electron chi connectivity index (χ1n) is 5.52. The van der Waals surface area contributed by atoms with Crippen molar-refractivity contribution < 1.29 is 13.2 Å². The number of aromatic nitrogens is 3. The van der Waals surface area contributed by atoms with Crippen molar-refractivity contribution >= 4 is 5.65 Å². The zero-order chi connectivity index (χ0) is 13.5. The number of rotatable bonds is 1. The normalized spacial score (nSPS) is 11.9. The lowest BCUT2D eigenvalue weighted by molar-refractivity contribution is -0.137. The average molecular weight is 263 g/mol. The van der Waals surface area contributed by atoms with Crippen LogP contribution < -0.4 is 0 Å². The molecule has 0 saturated heterocycles. The monoisotopic (exact) mass is 263 g/mol. The highest BCUT2D eigenvalue weighted by Crippen LogP contribution is 2.30. The first-order valence-corrected chi connectivity index (χ1v) is 5.52. The van der Waals surface area contributed by atoms with Gasteiger partial charge in [0.1, 0.15) is 0 Å². The summed E-state index contributed by atoms with van der Waals surface area (Å²) in [5.41, 5.74) is 1.34. The third-order valence-electron chi connectivity index (χ3n) is 2.80. The highest BCUT2D eigenvalue weighted by molar-refractivity contribution is 5.62. The van der Waals surface area contributed by atoms with Crippen molar-refractivity contribution in [2.45, 2.75) is 6.18 Å². The fourth-order valence-corrected chi connectivity index (χ4v) is 1.88. The van der Waals surface area contributed by atoms with Crippen LogP contribution in [0, 0.1) is 0 Å². The van der Waals surface area contributed by atoms with Gasteiger partial charge in [-0.1, -0.05) is 12.1 Å². The summed E-state index contributed by atoms with van der Waals surface area (Å²) in [6.07, 6.45) is -1.13. The largest absolute Gasteiger partial charge is 0.416 e. The van der Waals surface area contributed by atoms with Gasteiger partial charge in [-0.3, -0.25) is 0 Å². The minimum Gasteiger partial charge on any atom is -0.237 e. The lowest BCUT2D eigenvalue weighted by Crippen LogP contribution is -2.04. The van der Waals surface area contributed by atoms with Crippen molar-refractivity contribution in [2.75, 3.05) is 0 Å². The lowest BCUT2D eigenvalue weighted by Gasteiger charge is -2.08. The molecule has 19 heavy (non-hydrogen) atoms. The number of nitrogens with zero attached hydrogens (tertiary/aromatic N) is 3. The van der Waals surface area contributed by atoms with Crippen molar-refractivity contribution in [2.24, 2.45) is 0 Å². The van der Waals surface area contributed by atoms with Gasteiger partial charge in [0.25, 0.3) is 0 Å². The van der Waals surface area contributed by atoms with Crippen LogP contribution >= 0.6 is 0 Å². The Kier molecular flexibility index (Phi) is 2.51. The van der Waals surface area contributed by atoms with Crippen molar-refractivity contribution in [1.82, 2.24) is 14.6 Å². The molecule has 0 N–H and O–H groups in total. The van der Waals surface area contributed by atoms with Crippen molar-refractivity contribution in [3.63, 3.8) is 0 Å². The van der Waals surface area contributed by atoms with Crippen LogP contribution in [0.4, 0.5) is 13.2 Å². The molecule has 0 spiro atoms. The molecule has 0 radical (unpaired) electrons. The quantitative estimate of drug-likeness (QED) is 0.673. The molecule has 0 unspecified atom stereocenters. The molecule has 0 bridgehead atoms. The molecule has 0 saturated carbocycles. The summed E-state index contributed by atoms with van der Waals surface area (Å²) in [6.45, 7) is 0. The molecule has 0 aliphatic carbocycles. The Bertz CT molecular complexity index is 714. The second-order valence-electron chi connectivity index (χ2n) is 4.01. The van der Waals surface area contributed by atoms with E-state index in [0.717, 1.165) is 12.1 Å². The first-order chi connectivity index (χ1) is 9.05. The van der Waals surface area contributed by atoms with Gasteiger partial charge in [0.05, 0.1) is 17.5 Å². The van der Waals surface area contributed by atoms with E-state index in [0.29, 0.717) is 16.9 Å². The number of fused-ring (bicyclic) bond motifs is 1. The van der Waals surface area contributed by atoms with E-state index >= 15 is 0 Å². The molecular weight excluding hydrogens is 255 g/mol. The Morgan fingerprint density at radius 1 is 0.895 bits per heavy atom. The Morgan fingerprint density at radius 2 is 1.63 bits per heavy atom. The van der Waals surface area contributed by atoms with E-state index in [9.17, 15) is 13.2 Å². The van der Waals surface area contributed by atoms with Gasteiger partial charge in [0, 0.05) is 17.8 Å². The van der Waals surface area contributed by atoms with E-state index in [2.05, 4.69) is 10.1 Å². The summed E-state index contributed by atoms with van der Waals surface area (Å²) in [5, 5.41) is 4.10. The van der Waals surface area contributed by atoms with Crippen molar-refractivity contribution in [3.8, 4) is 11.3 Å². The molecule has 3 nitrogen and oxygen atoms in total.